The van der Waals surface area contributed by atoms with E-state index in [-0.39, 0.29) is 17.7 Å². The van der Waals surface area contributed by atoms with Gasteiger partial charge in [-0.2, -0.15) is 5.26 Å². The van der Waals surface area contributed by atoms with E-state index < -0.39 is 0 Å². The lowest BCUT2D eigenvalue weighted by atomic mass is 9.89. The zero-order chi connectivity index (χ0) is 21.7. The van der Waals surface area contributed by atoms with Crippen molar-refractivity contribution in [1.82, 2.24) is 10.2 Å². The van der Waals surface area contributed by atoms with Gasteiger partial charge in [0.1, 0.15) is 11.1 Å². The van der Waals surface area contributed by atoms with Gasteiger partial charge in [-0.15, -0.1) is 11.3 Å². The zero-order valence-corrected chi connectivity index (χ0v) is 19.2. The minimum absolute atomic E-state index is 0.0119. The summed E-state index contributed by atoms with van der Waals surface area (Å²) in [5.74, 6) is 1.18. The van der Waals surface area contributed by atoms with Gasteiger partial charge < -0.3 is 15.5 Å². The van der Waals surface area contributed by atoms with Crippen molar-refractivity contribution >= 4 is 28.2 Å². The van der Waals surface area contributed by atoms with Crippen LogP contribution in [-0.2, 0) is 22.4 Å². The Bertz CT molecular complexity index is 811. The molecule has 1 aromatic heterocycles. The molecular weight excluding hydrogens is 396 g/mol. The molecule has 30 heavy (non-hydrogen) atoms. The van der Waals surface area contributed by atoms with E-state index >= 15 is 0 Å². The maximum atomic E-state index is 12.6. The molecule has 2 heterocycles. The summed E-state index contributed by atoms with van der Waals surface area (Å²) in [7, 11) is 0. The first-order valence-electron chi connectivity index (χ1n) is 11.2. The molecule has 1 aliphatic carbocycles. The SMILES string of the molecule is CC1CCc2c(sc(NC(=O)CCN3CCCC(CNC(=O)C(C)C)C3)c2C#N)C1. The third-order valence-electron chi connectivity index (χ3n) is 6.22. The summed E-state index contributed by atoms with van der Waals surface area (Å²) in [4.78, 5) is 28.0. The molecule has 0 bridgehead atoms. The smallest absolute Gasteiger partial charge is 0.226 e. The van der Waals surface area contributed by atoms with Crippen LogP contribution in [0.4, 0.5) is 5.00 Å². The standard InChI is InChI=1S/C23H34N4O2S/c1-15(2)22(29)25-13-17-5-4-9-27(14-17)10-8-21(28)26-23-19(12-24)18-7-6-16(3)11-20(18)30-23/h15-17H,4-11,13-14H2,1-3H3,(H,25,29)(H,26,28). The van der Waals surface area contributed by atoms with Gasteiger partial charge in [-0.25, -0.2) is 0 Å². The Kier molecular flexibility index (Phi) is 7.90. The van der Waals surface area contributed by atoms with Crippen molar-refractivity contribution in [1.29, 1.82) is 5.26 Å². The van der Waals surface area contributed by atoms with Crippen LogP contribution in [0.5, 0.6) is 0 Å². The molecule has 2 amide bonds. The van der Waals surface area contributed by atoms with Gasteiger partial charge in [0.15, 0.2) is 0 Å². The number of likely N-dealkylation sites (tertiary alicyclic amines) is 1. The highest BCUT2D eigenvalue weighted by Crippen LogP contribution is 2.39. The first kappa shape index (κ1) is 22.8. The monoisotopic (exact) mass is 430 g/mol. The van der Waals surface area contributed by atoms with Crippen molar-refractivity contribution < 1.29 is 9.59 Å². The molecule has 164 valence electrons. The van der Waals surface area contributed by atoms with E-state index in [1.165, 1.54) is 4.88 Å². The fourth-order valence-electron chi connectivity index (χ4n) is 4.38. The molecule has 2 aliphatic rings. The average molecular weight is 431 g/mol. The number of nitrogens with one attached hydrogen (secondary N) is 2. The minimum atomic E-state index is -0.0200. The number of fused-ring (bicyclic) bond motifs is 1. The lowest BCUT2D eigenvalue weighted by molar-refractivity contribution is -0.124. The van der Waals surface area contributed by atoms with Crippen LogP contribution in [0, 0.1) is 29.1 Å². The Labute approximate surface area is 184 Å². The number of rotatable bonds is 7. The van der Waals surface area contributed by atoms with Crippen molar-refractivity contribution in [3.63, 3.8) is 0 Å². The van der Waals surface area contributed by atoms with Crippen LogP contribution in [0.1, 0.15) is 62.5 Å². The maximum Gasteiger partial charge on any atom is 0.226 e. The van der Waals surface area contributed by atoms with Gasteiger partial charge in [0.25, 0.3) is 0 Å². The van der Waals surface area contributed by atoms with Gasteiger partial charge in [0.05, 0.1) is 5.56 Å². The number of amides is 2. The highest BCUT2D eigenvalue weighted by Gasteiger charge is 2.25. The van der Waals surface area contributed by atoms with Crippen LogP contribution in [0.3, 0.4) is 0 Å². The topological polar surface area (TPSA) is 85.2 Å². The summed E-state index contributed by atoms with van der Waals surface area (Å²) in [5, 5.41) is 16.4. The number of anilines is 1. The first-order valence-corrected chi connectivity index (χ1v) is 12.0. The molecule has 1 fully saturated rings. The van der Waals surface area contributed by atoms with Crippen LogP contribution < -0.4 is 10.6 Å². The Hall–Kier alpha value is -1.91. The van der Waals surface area contributed by atoms with Gasteiger partial charge in [-0.3, -0.25) is 9.59 Å². The number of carbonyl (C=O) groups excluding carboxylic acids is 2. The van der Waals surface area contributed by atoms with E-state index in [2.05, 4.69) is 28.5 Å². The van der Waals surface area contributed by atoms with Crippen LogP contribution in [-0.4, -0.2) is 42.9 Å². The third-order valence-corrected chi connectivity index (χ3v) is 7.39. The second-order valence-corrected chi connectivity index (χ2v) is 10.3. The van der Waals surface area contributed by atoms with Crippen LogP contribution >= 0.6 is 11.3 Å². The van der Waals surface area contributed by atoms with Crippen LogP contribution in [0.15, 0.2) is 0 Å². The van der Waals surface area contributed by atoms with E-state index in [9.17, 15) is 14.9 Å². The molecule has 6 nitrogen and oxygen atoms in total. The largest absolute Gasteiger partial charge is 0.356 e. The molecule has 2 unspecified atom stereocenters. The number of nitriles is 1. The lowest BCUT2D eigenvalue weighted by Crippen LogP contribution is -2.42. The summed E-state index contributed by atoms with van der Waals surface area (Å²) in [5.41, 5.74) is 1.83. The molecule has 2 atom stereocenters. The summed E-state index contributed by atoms with van der Waals surface area (Å²) >= 11 is 1.58. The second-order valence-electron chi connectivity index (χ2n) is 9.17. The molecular formula is C23H34N4O2S. The number of hydrogen-bond donors (Lipinski definition) is 2. The lowest BCUT2D eigenvalue weighted by Gasteiger charge is -2.32. The van der Waals surface area contributed by atoms with Crippen LogP contribution in [0.2, 0.25) is 0 Å². The predicted octanol–water partition coefficient (Wildman–Crippen LogP) is 3.56. The van der Waals surface area contributed by atoms with Gasteiger partial charge in [-0.1, -0.05) is 20.8 Å². The van der Waals surface area contributed by atoms with E-state index in [1.807, 2.05) is 13.8 Å². The molecule has 1 aliphatic heterocycles. The fraction of sp³-hybridized carbons (Fsp3) is 0.696. The van der Waals surface area contributed by atoms with Gasteiger partial charge in [0, 0.05) is 36.9 Å². The van der Waals surface area contributed by atoms with E-state index in [0.717, 1.165) is 55.8 Å². The Morgan fingerprint density at radius 3 is 2.87 bits per heavy atom. The fourth-order valence-corrected chi connectivity index (χ4v) is 5.75. The number of thiophene rings is 1. The van der Waals surface area contributed by atoms with E-state index in [1.54, 1.807) is 11.3 Å². The van der Waals surface area contributed by atoms with Crippen molar-refractivity contribution in [2.24, 2.45) is 17.8 Å². The highest BCUT2D eigenvalue weighted by molar-refractivity contribution is 7.16. The third kappa shape index (κ3) is 5.83. The normalized spacial score (nSPS) is 21.7. The predicted molar refractivity (Wildman–Crippen MR) is 120 cm³/mol. The van der Waals surface area contributed by atoms with Crippen molar-refractivity contribution in [2.75, 3.05) is 31.5 Å². The Morgan fingerprint density at radius 2 is 2.13 bits per heavy atom. The van der Waals surface area contributed by atoms with Crippen molar-refractivity contribution in [2.45, 2.75) is 59.3 Å². The Balaban J connectivity index is 1.48. The number of piperidine rings is 1. The molecule has 1 aromatic rings. The molecule has 1 saturated heterocycles. The molecule has 0 spiro atoms. The van der Waals surface area contributed by atoms with Gasteiger partial charge in [-0.05, 0) is 56.0 Å². The summed E-state index contributed by atoms with van der Waals surface area (Å²) < 4.78 is 0. The second kappa shape index (κ2) is 10.4. The molecule has 0 radical (unpaired) electrons. The van der Waals surface area contributed by atoms with Crippen LogP contribution in [0.25, 0.3) is 0 Å². The van der Waals surface area contributed by atoms with Crippen molar-refractivity contribution in [3.8, 4) is 6.07 Å². The van der Waals surface area contributed by atoms with Crippen molar-refractivity contribution in [3.05, 3.63) is 16.0 Å². The van der Waals surface area contributed by atoms with E-state index in [0.29, 0.717) is 36.9 Å². The Morgan fingerprint density at radius 1 is 1.33 bits per heavy atom. The minimum Gasteiger partial charge on any atom is -0.356 e. The maximum absolute atomic E-state index is 12.6. The number of hydrogen-bond acceptors (Lipinski definition) is 5. The number of carbonyl (C=O) groups is 2. The molecule has 0 aromatic carbocycles. The van der Waals surface area contributed by atoms with E-state index in [4.69, 9.17) is 0 Å². The molecule has 3 rings (SSSR count). The molecule has 2 N–H and O–H groups in total. The summed E-state index contributed by atoms with van der Waals surface area (Å²) in [6, 6.07) is 2.32. The summed E-state index contributed by atoms with van der Waals surface area (Å²) in [6.45, 7) is 9.39. The first-order chi connectivity index (χ1) is 14.4. The zero-order valence-electron chi connectivity index (χ0n) is 18.4. The highest BCUT2D eigenvalue weighted by atomic mass is 32.1. The van der Waals surface area contributed by atoms with Gasteiger partial charge in [0.2, 0.25) is 11.8 Å². The quantitative estimate of drug-likeness (QED) is 0.693. The molecule has 0 saturated carbocycles. The summed E-state index contributed by atoms with van der Waals surface area (Å²) in [6.07, 6.45) is 5.69. The number of nitrogens with zero attached hydrogens (tertiary/aromatic N) is 2. The van der Waals surface area contributed by atoms with Gasteiger partial charge >= 0.3 is 0 Å². The average Bonchev–Trinajstić information content (AvgIpc) is 3.06. The molecule has 7 heteroatoms.